The third-order valence-corrected chi connectivity index (χ3v) is 4.96. The highest BCUT2D eigenvalue weighted by Gasteiger charge is 2.34. The molecule has 0 saturated carbocycles. The summed E-state index contributed by atoms with van der Waals surface area (Å²) in [5.41, 5.74) is 2.96. The molecule has 0 bridgehead atoms. The van der Waals surface area contributed by atoms with Gasteiger partial charge in [-0.2, -0.15) is 0 Å². The summed E-state index contributed by atoms with van der Waals surface area (Å²) < 4.78 is 0. The zero-order chi connectivity index (χ0) is 20.4. The van der Waals surface area contributed by atoms with E-state index >= 15 is 0 Å². The van der Waals surface area contributed by atoms with Gasteiger partial charge < -0.3 is 0 Å². The number of carbonyl (C=O) groups is 2. The largest absolute Gasteiger partial charge is 0.298 e. The van der Waals surface area contributed by atoms with Gasteiger partial charge in [-0.05, 0) is 59.8 Å². The van der Waals surface area contributed by atoms with E-state index in [-0.39, 0.29) is 10.7 Å². The lowest BCUT2D eigenvalue weighted by molar-refractivity contribution is -0.122. The second-order valence-electron chi connectivity index (χ2n) is 6.26. The zero-order valence-corrected chi connectivity index (χ0v) is 16.6. The first-order valence-corrected chi connectivity index (χ1v) is 9.49. The van der Waals surface area contributed by atoms with E-state index in [1.54, 1.807) is 36.7 Å². The molecule has 2 amide bonds. The summed E-state index contributed by atoms with van der Waals surface area (Å²) in [7, 11) is 0. The minimum absolute atomic E-state index is 0.0222. The molecule has 142 valence electrons. The molecule has 0 spiro atoms. The van der Waals surface area contributed by atoms with Gasteiger partial charge in [-0.15, -0.1) is 0 Å². The number of nitrogens with one attached hydrogen (secondary N) is 1. The van der Waals surface area contributed by atoms with Gasteiger partial charge >= 0.3 is 0 Å². The van der Waals surface area contributed by atoms with Crippen molar-refractivity contribution < 1.29 is 9.59 Å². The number of pyridine rings is 1. The van der Waals surface area contributed by atoms with Crippen molar-refractivity contribution in [3.05, 3.63) is 89.2 Å². The Morgan fingerprint density at radius 2 is 1.72 bits per heavy atom. The normalized spacial score (nSPS) is 15.6. The van der Waals surface area contributed by atoms with Crippen LogP contribution in [0, 0.1) is 0 Å². The highest BCUT2D eigenvalue weighted by atomic mass is 35.5. The number of rotatable bonds is 3. The number of carbonyl (C=O) groups excluding carboxylic acids is 2. The van der Waals surface area contributed by atoms with Crippen LogP contribution in [-0.4, -0.2) is 21.9 Å². The Kier molecular flexibility index (Phi) is 5.20. The van der Waals surface area contributed by atoms with Crippen molar-refractivity contribution >= 4 is 52.5 Å². The van der Waals surface area contributed by atoms with Crippen molar-refractivity contribution in [2.24, 2.45) is 0 Å². The van der Waals surface area contributed by atoms with Crippen LogP contribution in [0.1, 0.15) is 5.56 Å². The first kappa shape index (κ1) is 19.0. The molecule has 29 heavy (non-hydrogen) atoms. The Bertz CT molecular complexity index is 1140. The average molecular weight is 420 g/mol. The molecule has 1 aliphatic heterocycles. The summed E-state index contributed by atoms with van der Waals surface area (Å²) in [5, 5.41) is 3.13. The number of aromatic nitrogens is 1. The maximum Gasteiger partial charge on any atom is 0.270 e. The van der Waals surface area contributed by atoms with Crippen LogP contribution >= 0.6 is 23.8 Å². The van der Waals surface area contributed by atoms with Crippen molar-refractivity contribution in [1.29, 1.82) is 0 Å². The molecule has 0 aliphatic carbocycles. The van der Waals surface area contributed by atoms with Crippen molar-refractivity contribution in [3.8, 4) is 11.1 Å². The number of nitrogens with zero attached hydrogens (tertiary/aromatic N) is 2. The predicted molar refractivity (Wildman–Crippen MR) is 117 cm³/mol. The molecule has 5 nitrogen and oxygen atoms in total. The SMILES string of the molecule is O=C1NC(=S)N(c2ccc(Cl)cc2)C(=O)/C1=C\c1cnccc1-c1ccccc1. The third-order valence-electron chi connectivity index (χ3n) is 4.42. The minimum atomic E-state index is -0.548. The Hall–Kier alpha value is -3.35. The van der Waals surface area contributed by atoms with E-state index in [9.17, 15) is 9.59 Å². The number of halogens is 1. The Balaban J connectivity index is 1.78. The summed E-state index contributed by atoms with van der Waals surface area (Å²) >= 11 is 11.2. The number of hydrogen-bond donors (Lipinski definition) is 1. The van der Waals surface area contributed by atoms with E-state index in [2.05, 4.69) is 10.3 Å². The smallest absolute Gasteiger partial charge is 0.270 e. The zero-order valence-electron chi connectivity index (χ0n) is 15.0. The maximum absolute atomic E-state index is 13.1. The van der Waals surface area contributed by atoms with E-state index in [0.29, 0.717) is 16.3 Å². The quantitative estimate of drug-likeness (QED) is 0.392. The molecule has 2 heterocycles. The lowest BCUT2D eigenvalue weighted by Gasteiger charge is -2.29. The fourth-order valence-corrected chi connectivity index (χ4v) is 3.45. The van der Waals surface area contributed by atoms with Crippen molar-refractivity contribution in [2.75, 3.05) is 4.90 Å². The lowest BCUT2D eigenvalue weighted by Crippen LogP contribution is -2.54. The number of thiocarbonyl (C=S) groups is 1. The molecule has 0 radical (unpaired) electrons. The van der Waals surface area contributed by atoms with E-state index in [1.807, 2.05) is 36.4 Å². The van der Waals surface area contributed by atoms with Gasteiger partial charge in [0.15, 0.2) is 5.11 Å². The molecule has 1 N–H and O–H groups in total. The monoisotopic (exact) mass is 419 g/mol. The van der Waals surface area contributed by atoms with Gasteiger partial charge in [0, 0.05) is 23.0 Å². The minimum Gasteiger partial charge on any atom is -0.298 e. The van der Waals surface area contributed by atoms with Crippen LogP contribution in [0.4, 0.5) is 5.69 Å². The second kappa shape index (κ2) is 7.95. The van der Waals surface area contributed by atoms with E-state index in [0.717, 1.165) is 11.1 Å². The van der Waals surface area contributed by atoms with Crippen LogP contribution in [0.2, 0.25) is 5.02 Å². The third kappa shape index (κ3) is 3.81. The first-order valence-electron chi connectivity index (χ1n) is 8.71. The Morgan fingerprint density at radius 3 is 2.45 bits per heavy atom. The molecule has 0 atom stereocenters. The van der Waals surface area contributed by atoms with Crippen LogP contribution in [0.25, 0.3) is 17.2 Å². The van der Waals surface area contributed by atoms with Crippen LogP contribution in [0.5, 0.6) is 0 Å². The molecular formula is C22H14ClN3O2S. The summed E-state index contributed by atoms with van der Waals surface area (Å²) in [6.45, 7) is 0. The molecule has 7 heteroatoms. The summed E-state index contributed by atoms with van der Waals surface area (Å²) in [4.78, 5) is 31.1. The Labute approximate surface area is 177 Å². The first-order chi connectivity index (χ1) is 14.0. The van der Waals surface area contributed by atoms with E-state index < -0.39 is 11.8 Å². The van der Waals surface area contributed by atoms with Gasteiger partial charge in [-0.3, -0.25) is 24.8 Å². The molecule has 3 aromatic rings. The summed E-state index contributed by atoms with van der Waals surface area (Å²) in [6, 6.07) is 18.2. The molecule has 4 rings (SSSR count). The van der Waals surface area contributed by atoms with Crippen molar-refractivity contribution in [2.45, 2.75) is 0 Å². The van der Waals surface area contributed by atoms with Crippen LogP contribution in [0.3, 0.4) is 0 Å². The van der Waals surface area contributed by atoms with Gasteiger partial charge in [0.2, 0.25) is 0 Å². The van der Waals surface area contributed by atoms with Gasteiger partial charge in [0.1, 0.15) is 5.57 Å². The van der Waals surface area contributed by atoms with E-state index in [4.69, 9.17) is 23.8 Å². The van der Waals surface area contributed by atoms with Crippen LogP contribution < -0.4 is 10.2 Å². The Morgan fingerprint density at radius 1 is 1.00 bits per heavy atom. The topological polar surface area (TPSA) is 62.3 Å². The number of hydrogen-bond acceptors (Lipinski definition) is 4. The average Bonchev–Trinajstić information content (AvgIpc) is 2.73. The highest BCUT2D eigenvalue weighted by Crippen LogP contribution is 2.27. The summed E-state index contributed by atoms with van der Waals surface area (Å²) in [5.74, 6) is -1.06. The highest BCUT2D eigenvalue weighted by molar-refractivity contribution is 7.80. The van der Waals surface area contributed by atoms with Gasteiger partial charge in [0.25, 0.3) is 11.8 Å². The van der Waals surface area contributed by atoms with Crippen molar-refractivity contribution in [3.63, 3.8) is 0 Å². The van der Waals surface area contributed by atoms with Gasteiger partial charge in [-0.25, -0.2) is 0 Å². The van der Waals surface area contributed by atoms with Crippen molar-refractivity contribution in [1.82, 2.24) is 10.3 Å². The summed E-state index contributed by atoms with van der Waals surface area (Å²) in [6.07, 6.45) is 4.83. The van der Waals surface area contributed by atoms with Crippen LogP contribution in [0.15, 0.2) is 78.6 Å². The molecule has 1 aromatic heterocycles. The fraction of sp³-hybridized carbons (Fsp3) is 0. The predicted octanol–water partition coefficient (Wildman–Crippen LogP) is 4.23. The molecule has 1 aliphatic rings. The standard InChI is InChI=1S/C22H14ClN3O2S/c23-16-6-8-17(9-7-16)26-21(28)19(20(27)25-22(26)29)12-15-13-24-11-10-18(15)14-4-2-1-3-5-14/h1-13H,(H,25,27,29)/b19-12-. The number of anilines is 1. The fourth-order valence-electron chi connectivity index (χ4n) is 3.04. The molecule has 0 unspecified atom stereocenters. The van der Waals surface area contributed by atoms with Gasteiger partial charge in [0.05, 0.1) is 5.69 Å². The van der Waals surface area contributed by atoms with E-state index in [1.165, 1.54) is 11.0 Å². The maximum atomic E-state index is 13.1. The molecule has 1 saturated heterocycles. The lowest BCUT2D eigenvalue weighted by atomic mass is 9.99. The molecule has 2 aromatic carbocycles. The van der Waals surface area contributed by atoms with Crippen LogP contribution in [-0.2, 0) is 9.59 Å². The number of benzene rings is 2. The number of amides is 2. The van der Waals surface area contributed by atoms with Gasteiger partial charge in [-0.1, -0.05) is 41.9 Å². The molecular weight excluding hydrogens is 406 g/mol. The molecule has 1 fully saturated rings. The second-order valence-corrected chi connectivity index (χ2v) is 7.09.